The summed E-state index contributed by atoms with van der Waals surface area (Å²) >= 11 is 0. The van der Waals surface area contributed by atoms with E-state index in [2.05, 4.69) is 35.9 Å². The Hall–Kier alpha value is -2.32. The van der Waals surface area contributed by atoms with E-state index in [0.29, 0.717) is 38.4 Å². The van der Waals surface area contributed by atoms with Gasteiger partial charge in [-0.1, -0.05) is 44.2 Å². The van der Waals surface area contributed by atoms with Gasteiger partial charge in [0.1, 0.15) is 17.4 Å². The van der Waals surface area contributed by atoms with Gasteiger partial charge in [-0.3, -0.25) is 4.79 Å². The van der Waals surface area contributed by atoms with Gasteiger partial charge in [-0.05, 0) is 50.0 Å². The van der Waals surface area contributed by atoms with Crippen molar-refractivity contribution >= 4 is 21.6 Å². The van der Waals surface area contributed by atoms with Crippen molar-refractivity contribution in [2.24, 2.45) is 16.7 Å². The number of fused-ring (bicyclic) bond motifs is 2. The SMILES string of the molecule is Cc1nc(C)c(Cc2ccccc2)c(N2CCCN(S(=O)(=O)CC34CCC(CC3=O)C4(C)C)CC2)n1. The number of benzene rings is 1. The van der Waals surface area contributed by atoms with Crippen LogP contribution in [0.4, 0.5) is 5.82 Å². The average molecular weight is 511 g/mol. The predicted molar refractivity (Wildman–Crippen MR) is 142 cm³/mol. The highest BCUT2D eigenvalue weighted by Crippen LogP contribution is 2.64. The summed E-state index contributed by atoms with van der Waals surface area (Å²) in [7, 11) is -3.57. The summed E-state index contributed by atoms with van der Waals surface area (Å²) in [5.41, 5.74) is 2.28. The molecule has 5 rings (SSSR count). The van der Waals surface area contributed by atoms with Gasteiger partial charge in [-0.2, -0.15) is 0 Å². The molecule has 36 heavy (non-hydrogen) atoms. The number of sulfonamides is 1. The Labute approximate surface area is 215 Å². The number of carbonyl (C=O) groups excluding carboxylic acids is 1. The third-order valence-corrected chi connectivity index (χ3v) is 11.3. The lowest BCUT2D eigenvalue weighted by Gasteiger charge is -2.37. The Kier molecular flexibility index (Phi) is 6.48. The monoisotopic (exact) mass is 510 g/mol. The highest BCUT2D eigenvalue weighted by atomic mass is 32.2. The van der Waals surface area contributed by atoms with Crippen molar-refractivity contribution in [2.45, 2.75) is 59.8 Å². The molecule has 2 saturated carbocycles. The number of rotatable bonds is 6. The molecule has 3 fully saturated rings. The van der Waals surface area contributed by atoms with Crippen LogP contribution >= 0.6 is 0 Å². The molecule has 3 aliphatic rings. The third-order valence-electron chi connectivity index (χ3n) is 9.24. The van der Waals surface area contributed by atoms with Crippen molar-refractivity contribution in [1.82, 2.24) is 14.3 Å². The molecular weight excluding hydrogens is 472 g/mol. The van der Waals surface area contributed by atoms with E-state index in [0.717, 1.165) is 48.7 Å². The largest absolute Gasteiger partial charge is 0.355 e. The van der Waals surface area contributed by atoms with Gasteiger partial charge in [0.25, 0.3) is 0 Å². The average Bonchev–Trinajstić information content (AvgIpc) is 3.05. The smallest absolute Gasteiger partial charge is 0.215 e. The molecular formula is C28H38N4O3S. The molecule has 2 bridgehead atoms. The fraction of sp³-hybridized carbons (Fsp3) is 0.607. The number of anilines is 1. The van der Waals surface area contributed by atoms with E-state index in [1.165, 1.54) is 5.56 Å². The Morgan fingerprint density at radius 2 is 1.78 bits per heavy atom. The van der Waals surface area contributed by atoms with Gasteiger partial charge in [0.05, 0.1) is 5.75 Å². The number of carbonyl (C=O) groups is 1. The van der Waals surface area contributed by atoms with E-state index >= 15 is 0 Å². The summed E-state index contributed by atoms with van der Waals surface area (Å²) in [5.74, 6) is 2.05. The minimum atomic E-state index is -3.57. The van der Waals surface area contributed by atoms with Crippen LogP contribution in [0.2, 0.25) is 0 Å². The number of aromatic nitrogens is 2. The van der Waals surface area contributed by atoms with Crippen molar-refractivity contribution in [2.75, 3.05) is 36.8 Å². The normalized spacial score (nSPS) is 26.4. The maximum atomic E-state index is 13.7. The first kappa shape index (κ1) is 25.3. The van der Waals surface area contributed by atoms with Crippen molar-refractivity contribution in [3.8, 4) is 0 Å². The van der Waals surface area contributed by atoms with Gasteiger partial charge in [0.2, 0.25) is 10.0 Å². The second-order valence-electron chi connectivity index (χ2n) is 11.5. The maximum absolute atomic E-state index is 13.7. The first-order valence-corrected chi connectivity index (χ1v) is 14.8. The molecule has 2 aliphatic carbocycles. The number of hydrogen-bond acceptors (Lipinski definition) is 6. The molecule has 1 aromatic heterocycles. The summed E-state index contributed by atoms with van der Waals surface area (Å²) in [6, 6.07) is 10.3. The number of aryl methyl sites for hydroxylation is 2. The molecule has 0 N–H and O–H groups in total. The van der Waals surface area contributed by atoms with Gasteiger partial charge in [-0.15, -0.1) is 0 Å². The first-order chi connectivity index (χ1) is 17.0. The summed E-state index contributed by atoms with van der Waals surface area (Å²) < 4.78 is 29.0. The minimum Gasteiger partial charge on any atom is -0.355 e. The third kappa shape index (κ3) is 4.26. The van der Waals surface area contributed by atoms with Crippen LogP contribution in [0.25, 0.3) is 0 Å². The van der Waals surface area contributed by atoms with Gasteiger partial charge >= 0.3 is 0 Å². The zero-order valence-corrected chi connectivity index (χ0v) is 22.8. The summed E-state index contributed by atoms with van der Waals surface area (Å²) in [6.45, 7) is 10.3. The van der Waals surface area contributed by atoms with E-state index in [-0.39, 0.29) is 17.0 Å². The molecule has 0 spiro atoms. The maximum Gasteiger partial charge on any atom is 0.215 e. The van der Waals surface area contributed by atoms with Crippen molar-refractivity contribution in [3.63, 3.8) is 0 Å². The van der Waals surface area contributed by atoms with Crippen LogP contribution in [0.1, 0.15) is 62.2 Å². The van der Waals surface area contributed by atoms with Crippen LogP contribution in [-0.4, -0.2) is 60.4 Å². The molecule has 2 unspecified atom stereocenters. The molecule has 1 aliphatic heterocycles. The predicted octanol–water partition coefficient (Wildman–Crippen LogP) is 3.92. The van der Waals surface area contributed by atoms with Crippen LogP contribution in [0.15, 0.2) is 30.3 Å². The molecule has 8 heteroatoms. The van der Waals surface area contributed by atoms with E-state index in [1.54, 1.807) is 4.31 Å². The quantitative estimate of drug-likeness (QED) is 0.586. The van der Waals surface area contributed by atoms with Gasteiger partial charge < -0.3 is 4.90 Å². The fourth-order valence-corrected chi connectivity index (χ4v) is 9.13. The lowest BCUT2D eigenvalue weighted by Crippen LogP contribution is -2.47. The highest BCUT2D eigenvalue weighted by molar-refractivity contribution is 7.89. The standard InChI is InChI=1S/C28H38N4O3S/c1-20-24(17-22-9-6-5-7-10-22)26(30-21(2)29-20)31-13-8-14-32(16-15-31)36(34,35)19-28-12-11-23(18-25(28)33)27(28,3)4/h5-7,9-10,23H,8,11-19H2,1-4H3. The lowest BCUT2D eigenvalue weighted by molar-refractivity contribution is -0.128. The summed E-state index contributed by atoms with van der Waals surface area (Å²) in [6.07, 6.45) is 3.65. The Morgan fingerprint density at radius 1 is 1.03 bits per heavy atom. The van der Waals surface area contributed by atoms with Gasteiger partial charge in [-0.25, -0.2) is 22.7 Å². The highest BCUT2D eigenvalue weighted by Gasteiger charge is 2.65. The van der Waals surface area contributed by atoms with E-state index in [1.807, 2.05) is 32.0 Å². The van der Waals surface area contributed by atoms with Crippen LogP contribution in [0.3, 0.4) is 0 Å². The number of ketones is 1. The number of Topliss-reactive ketones (excluding diaryl/α,β-unsaturated/α-hetero) is 1. The van der Waals surface area contributed by atoms with Crippen molar-refractivity contribution in [3.05, 3.63) is 53.0 Å². The number of hydrogen-bond donors (Lipinski definition) is 0. The van der Waals surface area contributed by atoms with Crippen LogP contribution in [0.5, 0.6) is 0 Å². The molecule has 2 atom stereocenters. The van der Waals surface area contributed by atoms with Gasteiger partial charge in [0, 0.05) is 55.7 Å². The van der Waals surface area contributed by atoms with E-state index < -0.39 is 15.4 Å². The van der Waals surface area contributed by atoms with Crippen LogP contribution < -0.4 is 4.90 Å². The van der Waals surface area contributed by atoms with Crippen LogP contribution in [0, 0.1) is 30.6 Å². The molecule has 2 aromatic rings. The Morgan fingerprint density at radius 3 is 2.44 bits per heavy atom. The molecule has 1 saturated heterocycles. The summed E-state index contributed by atoms with van der Waals surface area (Å²) in [4.78, 5) is 24.7. The minimum absolute atomic E-state index is 0.0483. The molecule has 2 heterocycles. The van der Waals surface area contributed by atoms with Crippen molar-refractivity contribution < 1.29 is 13.2 Å². The fourth-order valence-electron chi connectivity index (χ4n) is 6.88. The Bertz CT molecular complexity index is 1260. The van der Waals surface area contributed by atoms with E-state index in [4.69, 9.17) is 4.98 Å². The second-order valence-corrected chi connectivity index (χ2v) is 13.5. The topological polar surface area (TPSA) is 83.5 Å². The molecule has 194 valence electrons. The summed E-state index contributed by atoms with van der Waals surface area (Å²) in [5, 5.41) is 0. The zero-order valence-electron chi connectivity index (χ0n) is 22.0. The van der Waals surface area contributed by atoms with Gasteiger partial charge in [0.15, 0.2) is 0 Å². The Balaban J connectivity index is 1.36. The van der Waals surface area contributed by atoms with E-state index in [9.17, 15) is 13.2 Å². The first-order valence-electron chi connectivity index (χ1n) is 13.2. The number of nitrogens with zero attached hydrogens (tertiary/aromatic N) is 4. The van der Waals surface area contributed by atoms with Crippen LogP contribution in [-0.2, 0) is 21.2 Å². The molecule has 0 amide bonds. The molecule has 0 radical (unpaired) electrons. The second kappa shape index (κ2) is 9.21. The molecule has 7 nitrogen and oxygen atoms in total. The zero-order chi connectivity index (χ0) is 25.7. The van der Waals surface area contributed by atoms with Crippen molar-refractivity contribution in [1.29, 1.82) is 0 Å². The lowest BCUT2D eigenvalue weighted by atomic mass is 9.70. The molecule has 1 aromatic carbocycles.